The van der Waals surface area contributed by atoms with Gasteiger partial charge in [-0.05, 0) is 20.3 Å². The van der Waals surface area contributed by atoms with E-state index in [4.69, 9.17) is 18.9 Å². The monoisotopic (exact) mass is 288 g/mol. The third kappa shape index (κ3) is 6.86. The fourth-order valence-corrected chi connectivity index (χ4v) is 1.27. The zero-order valence-corrected chi connectivity index (χ0v) is 12.5. The van der Waals surface area contributed by atoms with E-state index in [1.54, 1.807) is 0 Å². The maximum Gasteiger partial charge on any atom is 0.332 e. The molecule has 1 unspecified atom stereocenters. The standard InChI is InChI=1S/C14H24O6/c1-4-14(2,3)13(16)19-8-7-17-10-12(15)18-6-5-11-9-20-11/h11H,4-10H2,1-3H3. The summed E-state index contributed by atoms with van der Waals surface area (Å²) in [5.41, 5.74) is -0.482. The number of hydrogen-bond acceptors (Lipinski definition) is 6. The van der Waals surface area contributed by atoms with Crippen LogP contribution < -0.4 is 0 Å². The molecular formula is C14H24O6. The van der Waals surface area contributed by atoms with Gasteiger partial charge in [0.15, 0.2) is 0 Å². The molecule has 1 heterocycles. The van der Waals surface area contributed by atoms with E-state index in [0.29, 0.717) is 13.0 Å². The van der Waals surface area contributed by atoms with E-state index in [-0.39, 0.29) is 31.9 Å². The van der Waals surface area contributed by atoms with Gasteiger partial charge in [0.25, 0.3) is 0 Å². The maximum atomic E-state index is 11.6. The van der Waals surface area contributed by atoms with Gasteiger partial charge >= 0.3 is 11.9 Å². The number of rotatable bonds is 10. The molecule has 0 aliphatic carbocycles. The molecule has 1 fully saturated rings. The smallest absolute Gasteiger partial charge is 0.332 e. The van der Waals surface area contributed by atoms with Crippen LogP contribution in [0.2, 0.25) is 0 Å². The molecule has 1 saturated heterocycles. The zero-order chi connectivity index (χ0) is 15.0. The van der Waals surface area contributed by atoms with Crippen molar-refractivity contribution in [1.82, 2.24) is 0 Å². The molecular weight excluding hydrogens is 264 g/mol. The summed E-state index contributed by atoms with van der Waals surface area (Å²) in [4.78, 5) is 22.9. The molecule has 0 amide bonds. The highest BCUT2D eigenvalue weighted by atomic mass is 16.6. The summed E-state index contributed by atoms with van der Waals surface area (Å²) < 4.78 is 20.1. The maximum absolute atomic E-state index is 11.6. The molecule has 1 aliphatic heterocycles. The minimum atomic E-state index is -0.482. The van der Waals surface area contributed by atoms with Gasteiger partial charge in [0.05, 0.1) is 31.3 Å². The van der Waals surface area contributed by atoms with Gasteiger partial charge in [-0.3, -0.25) is 4.79 Å². The lowest BCUT2D eigenvalue weighted by atomic mass is 9.91. The number of epoxide rings is 1. The third-order valence-corrected chi connectivity index (χ3v) is 3.22. The number of carbonyl (C=O) groups excluding carboxylic acids is 2. The topological polar surface area (TPSA) is 74.4 Å². The average molecular weight is 288 g/mol. The Kier molecular flexibility index (Phi) is 6.95. The molecule has 0 spiro atoms. The molecule has 1 aliphatic rings. The fraction of sp³-hybridized carbons (Fsp3) is 0.857. The molecule has 6 nitrogen and oxygen atoms in total. The second-order valence-electron chi connectivity index (χ2n) is 5.39. The molecule has 1 rings (SSSR count). The Morgan fingerprint density at radius 2 is 1.90 bits per heavy atom. The third-order valence-electron chi connectivity index (χ3n) is 3.22. The Balaban J connectivity index is 1.95. The van der Waals surface area contributed by atoms with Crippen molar-refractivity contribution in [3.8, 4) is 0 Å². The summed E-state index contributed by atoms with van der Waals surface area (Å²) in [5.74, 6) is -0.665. The van der Waals surface area contributed by atoms with E-state index in [2.05, 4.69) is 0 Å². The van der Waals surface area contributed by atoms with Gasteiger partial charge in [0.1, 0.15) is 13.2 Å². The van der Waals surface area contributed by atoms with Crippen LogP contribution in [0.15, 0.2) is 0 Å². The Morgan fingerprint density at radius 3 is 2.50 bits per heavy atom. The predicted molar refractivity (Wildman–Crippen MR) is 71.2 cm³/mol. The van der Waals surface area contributed by atoms with Crippen molar-refractivity contribution in [3.05, 3.63) is 0 Å². The van der Waals surface area contributed by atoms with E-state index < -0.39 is 11.4 Å². The van der Waals surface area contributed by atoms with Gasteiger partial charge in [0, 0.05) is 6.42 Å². The summed E-state index contributed by atoms with van der Waals surface area (Å²) in [6, 6.07) is 0. The predicted octanol–water partition coefficient (Wildman–Crippen LogP) is 1.31. The van der Waals surface area contributed by atoms with Gasteiger partial charge in [-0.15, -0.1) is 0 Å². The first-order valence-electron chi connectivity index (χ1n) is 6.98. The molecule has 0 N–H and O–H groups in total. The number of hydrogen-bond donors (Lipinski definition) is 0. The summed E-state index contributed by atoms with van der Waals surface area (Å²) in [5, 5.41) is 0. The van der Waals surface area contributed by atoms with Crippen LogP contribution >= 0.6 is 0 Å². The number of ether oxygens (including phenoxy) is 4. The highest BCUT2D eigenvalue weighted by Crippen LogP contribution is 2.21. The van der Waals surface area contributed by atoms with Gasteiger partial charge in [-0.25, -0.2) is 4.79 Å². The molecule has 0 radical (unpaired) electrons. The second-order valence-corrected chi connectivity index (χ2v) is 5.39. The van der Waals surface area contributed by atoms with E-state index in [0.717, 1.165) is 13.0 Å². The van der Waals surface area contributed by atoms with Crippen molar-refractivity contribution >= 4 is 11.9 Å². The normalized spacial score (nSPS) is 17.6. The van der Waals surface area contributed by atoms with Gasteiger partial charge in [-0.1, -0.05) is 6.92 Å². The van der Waals surface area contributed by atoms with Crippen molar-refractivity contribution in [2.24, 2.45) is 5.41 Å². The quantitative estimate of drug-likeness (QED) is 0.343. The van der Waals surface area contributed by atoms with Crippen LogP contribution in [-0.4, -0.2) is 51.1 Å². The van der Waals surface area contributed by atoms with Crippen molar-refractivity contribution in [2.75, 3.05) is 33.0 Å². The summed E-state index contributed by atoms with van der Waals surface area (Å²) in [6.07, 6.45) is 1.70. The molecule has 0 aromatic carbocycles. The fourth-order valence-electron chi connectivity index (χ4n) is 1.27. The Hall–Kier alpha value is -1.14. The van der Waals surface area contributed by atoms with Crippen molar-refractivity contribution in [3.63, 3.8) is 0 Å². The van der Waals surface area contributed by atoms with Gasteiger partial charge in [0.2, 0.25) is 0 Å². The van der Waals surface area contributed by atoms with E-state index in [1.165, 1.54) is 0 Å². The SMILES string of the molecule is CCC(C)(C)C(=O)OCCOCC(=O)OCCC1CO1. The first-order valence-corrected chi connectivity index (χ1v) is 6.98. The first kappa shape index (κ1) is 16.9. The van der Waals surface area contributed by atoms with Crippen molar-refractivity contribution in [2.45, 2.75) is 39.7 Å². The minimum Gasteiger partial charge on any atom is -0.464 e. The average Bonchev–Trinajstić information content (AvgIpc) is 3.22. The van der Waals surface area contributed by atoms with E-state index in [1.807, 2.05) is 20.8 Å². The van der Waals surface area contributed by atoms with Crippen LogP contribution in [0.5, 0.6) is 0 Å². The molecule has 0 saturated carbocycles. The van der Waals surface area contributed by atoms with Gasteiger partial charge < -0.3 is 18.9 Å². The Bertz CT molecular complexity index is 322. The largest absolute Gasteiger partial charge is 0.464 e. The summed E-state index contributed by atoms with van der Waals surface area (Å²) in [6.45, 7) is 6.91. The second kappa shape index (κ2) is 8.21. The van der Waals surface area contributed by atoms with Crippen molar-refractivity contribution in [1.29, 1.82) is 0 Å². The summed E-state index contributed by atoms with van der Waals surface area (Å²) >= 11 is 0. The lowest BCUT2D eigenvalue weighted by Gasteiger charge is -2.20. The molecule has 0 bridgehead atoms. The summed E-state index contributed by atoms with van der Waals surface area (Å²) in [7, 11) is 0. The molecule has 6 heteroatoms. The first-order chi connectivity index (χ1) is 9.45. The lowest BCUT2D eigenvalue weighted by Crippen LogP contribution is -2.27. The number of esters is 2. The van der Waals surface area contributed by atoms with E-state index in [9.17, 15) is 9.59 Å². The van der Waals surface area contributed by atoms with E-state index >= 15 is 0 Å². The van der Waals surface area contributed by atoms with Crippen molar-refractivity contribution < 1.29 is 28.5 Å². The minimum absolute atomic E-state index is 0.125. The Labute approximate surface area is 119 Å². The molecule has 116 valence electrons. The van der Waals surface area contributed by atoms with Crippen LogP contribution in [0.1, 0.15) is 33.6 Å². The molecule has 0 aromatic rings. The highest BCUT2D eigenvalue weighted by molar-refractivity contribution is 5.75. The highest BCUT2D eigenvalue weighted by Gasteiger charge is 2.26. The van der Waals surface area contributed by atoms with Crippen LogP contribution in [-0.2, 0) is 28.5 Å². The number of carbonyl (C=O) groups is 2. The molecule has 20 heavy (non-hydrogen) atoms. The zero-order valence-electron chi connectivity index (χ0n) is 12.5. The van der Waals surface area contributed by atoms with Crippen LogP contribution in [0.25, 0.3) is 0 Å². The van der Waals surface area contributed by atoms with Crippen LogP contribution in [0.3, 0.4) is 0 Å². The van der Waals surface area contributed by atoms with Gasteiger partial charge in [-0.2, -0.15) is 0 Å². The lowest BCUT2D eigenvalue weighted by molar-refractivity contribution is -0.157. The molecule has 0 aromatic heterocycles. The van der Waals surface area contributed by atoms with Crippen LogP contribution in [0, 0.1) is 5.41 Å². The Morgan fingerprint density at radius 1 is 1.20 bits per heavy atom. The van der Waals surface area contributed by atoms with Crippen LogP contribution in [0.4, 0.5) is 0 Å². The molecule has 1 atom stereocenters.